The summed E-state index contributed by atoms with van der Waals surface area (Å²) in [5.41, 5.74) is 8.41. The van der Waals surface area contributed by atoms with Crippen molar-refractivity contribution in [3.8, 4) is 0 Å². The third kappa shape index (κ3) is 5.78. The fraction of sp³-hybridized carbons (Fsp3) is 0.682. The van der Waals surface area contributed by atoms with Crippen LogP contribution in [-0.4, -0.2) is 19.5 Å². The van der Waals surface area contributed by atoms with Gasteiger partial charge in [0.1, 0.15) is 0 Å². The van der Waals surface area contributed by atoms with Crippen molar-refractivity contribution in [3.63, 3.8) is 0 Å². The van der Waals surface area contributed by atoms with Crippen LogP contribution in [0.5, 0.6) is 0 Å². The van der Waals surface area contributed by atoms with E-state index in [2.05, 4.69) is 77.3 Å². The third-order valence-electron chi connectivity index (χ3n) is 6.40. The maximum atomic E-state index is 6.56. The Balaban J connectivity index is 2.16. The number of hydrogen-bond donors (Lipinski definition) is 2. The average molecular weight is 407 g/mol. The molecule has 0 amide bonds. The lowest BCUT2D eigenvalue weighted by molar-refractivity contribution is 0.203. The first kappa shape index (κ1) is 22.4. The molecule has 1 fully saturated rings. The van der Waals surface area contributed by atoms with Crippen molar-refractivity contribution in [1.29, 1.82) is 0 Å². The average Bonchev–Trinajstić information content (AvgIpc) is 3.37. The number of hydrogen-bond acceptors (Lipinski definition) is 2. The molecule has 0 saturated heterocycles. The van der Waals surface area contributed by atoms with Gasteiger partial charge in [-0.3, -0.25) is 0 Å². The van der Waals surface area contributed by atoms with Crippen molar-refractivity contribution in [2.75, 3.05) is 0 Å². The number of nitrogens with one attached hydrogen (secondary N) is 1. The molecule has 27 heavy (non-hydrogen) atoms. The first-order valence-corrected chi connectivity index (χ1v) is 13.6. The molecule has 5 heteroatoms. The van der Waals surface area contributed by atoms with Gasteiger partial charge in [-0.2, -0.15) is 0 Å². The zero-order chi connectivity index (χ0) is 20.4. The first-order chi connectivity index (χ1) is 12.5. The molecule has 0 spiro atoms. The molecule has 1 aliphatic carbocycles. The fourth-order valence-electron chi connectivity index (χ4n) is 3.59. The van der Waals surface area contributed by atoms with E-state index in [1.807, 2.05) is 0 Å². The molecule has 1 aliphatic rings. The van der Waals surface area contributed by atoms with E-state index in [1.165, 1.54) is 24.0 Å². The van der Waals surface area contributed by atoms with E-state index in [0.717, 1.165) is 12.3 Å². The van der Waals surface area contributed by atoms with Crippen LogP contribution in [0.3, 0.4) is 0 Å². The van der Waals surface area contributed by atoms with Crippen LogP contribution in [0.25, 0.3) is 0 Å². The van der Waals surface area contributed by atoms with Crippen LogP contribution in [0, 0.1) is 5.92 Å². The Labute approximate surface area is 172 Å². The SMILES string of the molecule is CCC(NC(N)=S)C(c1ccc(C(C)O[Si](C)(C)C(C)(C)C)cc1)C1CC1. The fourth-order valence-corrected chi connectivity index (χ4v) is 5.12. The second-order valence-electron chi connectivity index (χ2n) is 9.57. The quantitative estimate of drug-likeness (QED) is 0.418. The second-order valence-corrected chi connectivity index (χ2v) is 14.8. The maximum absolute atomic E-state index is 6.56. The summed E-state index contributed by atoms with van der Waals surface area (Å²) in [6.07, 6.45) is 3.74. The van der Waals surface area contributed by atoms with Crippen molar-refractivity contribution < 1.29 is 4.43 Å². The molecule has 3 N–H and O–H groups in total. The molecule has 0 heterocycles. The predicted molar refractivity (Wildman–Crippen MR) is 123 cm³/mol. The summed E-state index contributed by atoms with van der Waals surface area (Å²) < 4.78 is 6.56. The largest absolute Gasteiger partial charge is 0.410 e. The van der Waals surface area contributed by atoms with Crippen LogP contribution in [0.15, 0.2) is 24.3 Å². The smallest absolute Gasteiger partial charge is 0.192 e. The predicted octanol–water partition coefficient (Wildman–Crippen LogP) is 5.87. The standard InChI is InChI=1S/C22H38N2OSSi/c1-8-19(24-21(23)26)20(18-13-14-18)17-11-9-16(10-12-17)15(2)25-27(6,7)22(3,4)5/h9-12,15,18-20H,8,13-14H2,1-7H3,(H3,23,24,26). The lowest BCUT2D eigenvalue weighted by atomic mass is 9.85. The Kier molecular flexibility index (Phi) is 7.15. The lowest BCUT2D eigenvalue weighted by Crippen LogP contribution is -2.42. The Hall–Kier alpha value is -0.913. The molecule has 0 radical (unpaired) electrons. The molecule has 1 aromatic carbocycles. The maximum Gasteiger partial charge on any atom is 0.192 e. The van der Waals surface area contributed by atoms with Crippen molar-refractivity contribution in [2.45, 2.75) is 90.1 Å². The van der Waals surface area contributed by atoms with Crippen molar-refractivity contribution in [3.05, 3.63) is 35.4 Å². The van der Waals surface area contributed by atoms with E-state index in [0.29, 0.717) is 17.1 Å². The van der Waals surface area contributed by atoms with Gasteiger partial charge < -0.3 is 15.5 Å². The normalized spacial score (nSPS) is 18.6. The van der Waals surface area contributed by atoms with E-state index >= 15 is 0 Å². The third-order valence-corrected chi connectivity index (χ3v) is 11.1. The molecule has 0 aromatic heterocycles. The van der Waals surface area contributed by atoms with Gasteiger partial charge in [-0.1, -0.05) is 52.0 Å². The summed E-state index contributed by atoms with van der Waals surface area (Å²) >= 11 is 5.10. The number of thiocarbonyl (C=S) groups is 1. The van der Waals surface area contributed by atoms with Crippen molar-refractivity contribution in [2.24, 2.45) is 11.7 Å². The molecular weight excluding hydrogens is 368 g/mol. The molecule has 1 saturated carbocycles. The van der Waals surface area contributed by atoms with E-state index in [1.54, 1.807) is 0 Å². The summed E-state index contributed by atoms with van der Waals surface area (Å²) in [6.45, 7) is 15.9. The lowest BCUT2D eigenvalue weighted by Gasteiger charge is -2.38. The zero-order valence-electron chi connectivity index (χ0n) is 18.1. The van der Waals surface area contributed by atoms with Crippen molar-refractivity contribution in [1.82, 2.24) is 5.32 Å². The molecule has 3 nitrogen and oxygen atoms in total. The zero-order valence-corrected chi connectivity index (χ0v) is 20.0. The van der Waals surface area contributed by atoms with Gasteiger partial charge in [-0.15, -0.1) is 0 Å². The van der Waals surface area contributed by atoms with Crippen LogP contribution in [0.4, 0.5) is 0 Å². The highest BCUT2D eigenvalue weighted by atomic mass is 32.1. The first-order valence-electron chi connectivity index (χ1n) is 10.3. The van der Waals surface area contributed by atoms with Gasteiger partial charge in [0.05, 0.1) is 6.10 Å². The molecule has 152 valence electrons. The van der Waals surface area contributed by atoms with Crippen LogP contribution < -0.4 is 11.1 Å². The Morgan fingerprint density at radius 2 is 1.74 bits per heavy atom. The summed E-state index contributed by atoms with van der Waals surface area (Å²) in [4.78, 5) is 0. The number of benzene rings is 1. The van der Waals surface area contributed by atoms with Gasteiger partial charge in [0, 0.05) is 12.0 Å². The Bertz CT molecular complexity index is 635. The summed E-state index contributed by atoms with van der Waals surface area (Å²) in [5, 5.41) is 3.95. The highest BCUT2D eigenvalue weighted by Crippen LogP contribution is 2.45. The highest BCUT2D eigenvalue weighted by Gasteiger charge is 2.39. The van der Waals surface area contributed by atoms with Crippen LogP contribution in [-0.2, 0) is 4.43 Å². The highest BCUT2D eigenvalue weighted by molar-refractivity contribution is 7.80. The van der Waals surface area contributed by atoms with E-state index < -0.39 is 8.32 Å². The molecule has 0 aliphatic heterocycles. The molecular formula is C22H38N2OSSi. The number of nitrogens with two attached hydrogens (primary N) is 1. The molecule has 3 unspecified atom stereocenters. The molecule has 3 atom stereocenters. The van der Waals surface area contributed by atoms with Gasteiger partial charge in [0.15, 0.2) is 13.4 Å². The minimum absolute atomic E-state index is 0.121. The summed E-state index contributed by atoms with van der Waals surface area (Å²) in [6, 6.07) is 9.37. The van der Waals surface area contributed by atoms with Crippen LogP contribution >= 0.6 is 12.2 Å². The van der Waals surface area contributed by atoms with Gasteiger partial charge in [0.2, 0.25) is 0 Å². The van der Waals surface area contributed by atoms with Gasteiger partial charge in [-0.25, -0.2) is 0 Å². The van der Waals surface area contributed by atoms with E-state index in [9.17, 15) is 0 Å². The molecule has 1 aromatic rings. The summed E-state index contributed by atoms with van der Waals surface area (Å²) in [5.74, 6) is 1.21. The van der Waals surface area contributed by atoms with Crippen LogP contribution in [0.1, 0.15) is 77.0 Å². The minimum atomic E-state index is -1.77. The van der Waals surface area contributed by atoms with Crippen molar-refractivity contribution >= 4 is 25.6 Å². The Morgan fingerprint density at radius 3 is 2.15 bits per heavy atom. The van der Waals surface area contributed by atoms with Gasteiger partial charge in [-0.05, 0) is 73.6 Å². The monoisotopic (exact) mass is 406 g/mol. The minimum Gasteiger partial charge on any atom is -0.410 e. The topological polar surface area (TPSA) is 47.3 Å². The number of rotatable bonds is 8. The van der Waals surface area contributed by atoms with E-state index in [-0.39, 0.29) is 11.1 Å². The second kappa shape index (κ2) is 8.62. The Morgan fingerprint density at radius 1 is 1.22 bits per heavy atom. The van der Waals surface area contributed by atoms with Gasteiger partial charge in [0.25, 0.3) is 0 Å². The van der Waals surface area contributed by atoms with E-state index in [4.69, 9.17) is 22.4 Å². The molecule has 0 bridgehead atoms. The molecule has 2 rings (SSSR count). The van der Waals surface area contributed by atoms with Crippen LogP contribution in [0.2, 0.25) is 18.1 Å². The summed E-state index contributed by atoms with van der Waals surface area (Å²) in [7, 11) is -1.77. The van der Waals surface area contributed by atoms with Gasteiger partial charge >= 0.3 is 0 Å².